The molecule has 0 heterocycles. The highest BCUT2D eigenvalue weighted by atomic mass is 32.2. The van der Waals surface area contributed by atoms with E-state index >= 15 is 0 Å². The summed E-state index contributed by atoms with van der Waals surface area (Å²) in [6, 6.07) is 0. The minimum absolute atomic E-state index is 0.173. The molecule has 5 heteroatoms. The van der Waals surface area contributed by atoms with Crippen molar-refractivity contribution >= 4 is 17.7 Å². The fourth-order valence-corrected chi connectivity index (χ4v) is 2.65. The first-order chi connectivity index (χ1) is 8.60. The average Bonchev–Trinajstić information content (AvgIpc) is 2.39. The molecule has 0 radical (unpaired) electrons. The van der Waals surface area contributed by atoms with Gasteiger partial charge in [0.05, 0.1) is 7.11 Å². The van der Waals surface area contributed by atoms with Crippen LogP contribution in [0.25, 0.3) is 0 Å². The summed E-state index contributed by atoms with van der Waals surface area (Å²) in [5.41, 5.74) is -0.557. The summed E-state index contributed by atoms with van der Waals surface area (Å²) in [5, 5.41) is 3.29. The lowest BCUT2D eigenvalue weighted by Gasteiger charge is -2.27. The Morgan fingerprint density at radius 1 is 1.33 bits per heavy atom. The van der Waals surface area contributed by atoms with E-state index in [2.05, 4.69) is 12.2 Å². The Balaban J connectivity index is 3.97. The lowest BCUT2D eigenvalue weighted by Crippen LogP contribution is -2.50. The maximum atomic E-state index is 11.8. The van der Waals surface area contributed by atoms with E-state index in [0.717, 1.165) is 43.9 Å². The van der Waals surface area contributed by atoms with Gasteiger partial charge in [-0.3, -0.25) is 4.79 Å². The van der Waals surface area contributed by atoms with Crippen LogP contribution in [0.1, 0.15) is 33.1 Å². The van der Waals surface area contributed by atoms with E-state index in [1.54, 1.807) is 7.11 Å². The second kappa shape index (κ2) is 10.6. The molecule has 0 aromatic rings. The van der Waals surface area contributed by atoms with Crippen LogP contribution in [0.15, 0.2) is 0 Å². The van der Waals surface area contributed by atoms with Gasteiger partial charge in [-0.15, -0.1) is 0 Å². The Hall–Kier alpha value is -0.260. The summed E-state index contributed by atoms with van der Waals surface area (Å²) >= 11 is 1.85. The zero-order chi connectivity index (χ0) is 13.9. The Bertz CT molecular complexity index is 226. The first kappa shape index (κ1) is 17.7. The Labute approximate surface area is 115 Å². The number of hydrogen-bond acceptors (Lipinski definition) is 5. The van der Waals surface area contributed by atoms with Crippen molar-refractivity contribution in [1.82, 2.24) is 5.32 Å². The molecule has 4 nitrogen and oxygen atoms in total. The van der Waals surface area contributed by atoms with E-state index < -0.39 is 5.54 Å². The second-order valence-corrected chi connectivity index (χ2v) is 5.68. The molecule has 0 fully saturated rings. The van der Waals surface area contributed by atoms with Crippen molar-refractivity contribution in [2.45, 2.75) is 38.6 Å². The molecule has 0 amide bonds. The van der Waals surface area contributed by atoms with Gasteiger partial charge in [0, 0.05) is 13.7 Å². The molecule has 0 aliphatic heterocycles. The van der Waals surface area contributed by atoms with Gasteiger partial charge in [0.1, 0.15) is 5.54 Å². The molecule has 1 unspecified atom stereocenters. The van der Waals surface area contributed by atoms with E-state index in [1.807, 2.05) is 18.7 Å². The van der Waals surface area contributed by atoms with Crippen molar-refractivity contribution in [2.24, 2.45) is 0 Å². The van der Waals surface area contributed by atoms with Gasteiger partial charge in [0.15, 0.2) is 0 Å². The van der Waals surface area contributed by atoms with Gasteiger partial charge in [-0.1, -0.05) is 6.92 Å². The average molecular weight is 277 g/mol. The van der Waals surface area contributed by atoms with E-state index in [1.165, 1.54) is 7.11 Å². The van der Waals surface area contributed by atoms with E-state index in [9.17, 15) is 4.79 Å². The van der Waals surface area contributed by atoms with Gasteiger partial charge < -0.3 is 14.8 Å². The van der Waals surface area contributed by atoms with Crippen LogP contribution in [-0.2, 0) is 14.3 Å². The minimum atomic E-state index is -0.557. The van der Waals surface area contributed by atoms with Crippen LogP contribution in [0.2, 0.25) is 0 Å². The number of methoxy groups -OCH3 is 2. The lowest BCUT2D eigenvalue weighted by molar-refractivity contribution is -0.148. The van der Waals surface area contributed by atoms with Gasteiger partial charge in [-0.2, -0.15) is 11.8 Å². The highest BCUT2D eigenvalue weighted by Crippen LogP contribution is 2.16. The van der Waals surface area contributed by atoms with E-state index in [4.69, 9.17) is 9.47 Å². The number of rotatable bonds is 11. The summed E-state index contributed by atoms with van der Waals surface area (Å²) < 4.78 is 9.88. The minimum Gasteiger partial charge on any atom is -0.468 e. The van der Waals surface area contributed by atoms with Crippen LogP contribution < -0.4 is 5.32 Å². The predicted molar refractivity (Wildman–Crippen MR) is 77.1 cm³/mol. The molecule has 0 aliphatic rings. The standard InChI is InChI=1S/C13H27NO3S/c1-5-8-14-13(2,12(15)17-4)7-11-18-10-6-9-16-3/h14H,5-11H2,1-4H3. The normalized spacial score (nSPS) is 14.2. The summed E-state index contributed by atoms with van der Waals surface area (Å²) in [7, 11) is 3.16. The number of hydrogen-bond donors (Lipinski definition) is 1. The molecule has 1 N–H and O–H groups in total. The van der Waals surface area contributed by atoms with Crippen LogP contribution in [-0.4, -0.2) is 50.4 Å². The zero-order valence-electron chi connectivity index (χ0n) is 12.1. The maximum Gasteiger partial charge on any atom is 0.325 e. The molecular formula is C13H27NO3S. The number of esters is 1. The summed E-state index contributed by atoms with van der Waals surface area (Å²) in [4.78, 5) is 11.8. The largest absolute Gasteiger partial charge is 0.468 e. The molecule has 0 saturated heterocycles. The van der Waals surface area contributed by atoms with Crippen molar-refractivity contribution in [3.63, 3.8) is 0 Å². The molecular weight excluding hydrogens is 250 g/mol. The SMILES string of the molecule is CCCNC(C)(CCSCCCOC)C(=O)OC. The first-order valence-corrected chi connectivity index (χ1v) is 7.66. The maximum absolute atomic E-state index is 11.8. The molecule has 0 saturated carbocycles. The quantitative estimate of drug-likeness (QED) is 0.463. The van der Waals surface area contributed by atoms with Crippen LogP contribution >= 0.6 is 11.8 Å². The van der Waals surface area contributed by atoms with Crippen molar-refractivity contribution in [2.75, 3.05) is 38.9 Å². The second-order valence-electron chi connectivity index (χ2n) is 4.46. The molecule has 0 aliphatic carbocycles. The van der Waals surface area contributed by atoms with Gasteiger partial charge in [-0.05, 0) is 44.2 Å². The van der Waals surface area contributed by atoms with Gasteiger partial charge in [0.25, 0.3) is 0 Å². The molecule has 18 heavy (non-hydrogen) atoms. The first-order valence-electron chi connectivity index (χ1n) is 6.50. The van der Waals surface area contributed by atoms with Crippen molar-refractivity contribution in [1.29, 1.82) is 0 Å². The highest BCUT2D eigenvalue weighted by Gasteiger charge is 2.32. The van der Waals surface area contributed by atoms with E-state index in [-0.39, 0.29) is 5.97 Å². The summed E-state index contributed by atoms with van der Waals surface area (Å²) in [6.07, 6.45) is 2.85. The summed E-state index contributed by atoms with van der Waals surface area (Å²) in [6.45, 7) is 5.64. The summed E-state index contributed by atoms with van der Waals surface area (Å²) in [5.74, 6) is 1.85. The third kappa shape index (κ3) is 7.24. The van der Waals surface area contributed by atoms with Crippen LogP contribution in [0.5, 0.6) is 0 Å². The molecule has 0 bridgehead atoms. The topological polar surface area (TPSA) is 47.6 Å². The van der Waals surface area contributed by atoms with Gasteiger partial charge >= 0.3 is 5.97 Å². The van der Waals surface area contributed by atoms with Gasteiger partial charge in [0.2, 0.25) is 0 Å². The number of thioether (sulfide) groups is 1. The Morgan fingerprint density at radius 2 is 2.06 bits per heavy atom. The van der Waals surface area contributed by atoms with Crippen molar-refractivity contribution in [3.05, 3.63) is 0 Å². The third-order valence-corrected chi connectivity index (χ3v) is 3.85. The van der Waals surface area contributed by atoms with Crippen LogP contribution in [0.3, 0.4) is 0 Å². The third-order valence-electron chi connectivity index (χ3n) is 2.78. The molecule has 0 spiro atoms. The molecule has 0 aromatic carbocycles. The Morgan fingerprint density at radius 3 is 2.61 bits per heavy atom. The fourth-order valence-electron chi connectivity index (χ4n) is 1.57. The number of carbonyl (C=O) groups is 1. The monoisotopic (exact) mass is 277 g/mol. The van der Waals surface area contributed by atoms with Crippen molar-refractivity contribution in [3.8, 4) is 0 Å². The van der Waals surface area contributed by atoms with Crippen molar-refractivity contribution < 1.29 is 14.3 Å². The van der Waals surface area contributed by atoms with Gasteiger partial charge in [-0.25, -0.2) is 0 Å². The van der Waals surface area contributed by atoms with Crippen LogP contribution in [0, 0.1) is 0 Å². The highest BCUT2D eigenvalue weighted by molar-refractivity contribution is 7.99. The number of carbonyl (C=O) groups excluding carboxylic acids is 1. The zero-order valence-corrected chi connectivity index (χ0v) is 12.9. The van der Waals surface area contributed by atoms with Crippen LogP contribution in [0.4, 0.5) is 0 Å². The molecule has 0 rings (SSSR count). The molecule has 0 aromatic heterocycles. The molecule has 108 valence electrons. The fraction of sp³-hybridized carbons (Fsp3) is 0.923. The van der Waals surface area contributed by atoms with E-state index in [0.29, 0.717) is 0 Å². The lowest BCUT2D eigenvalue weighted by atomic mass is 9.99. The molecule has 1 atom stereocenters. The number of ether oxygens (including phenoxy) is 2. The number of nitrogens with one attached hydrogen (secondary N) is 1. The predicted octanol–water partition coefficient (Wildman–Crippen LogP) is 2.08. The Kier molecular flexibility index (Phi) is 10.5. The smallest absolute Gasteiger partial charge is 0.325 e.